The molecule has 0 atom stereocenters. The lowest BCUT2D eigenvalue weighted by Gasteiger charge is -2.25. The van der Waals surface area contributed by atoms with Crippen LogP contribution in [-0.2, 0) is 0 Å². The smallest absolute Gasteiger partial charge is 0.161 e. The van der Waals surface area contributed by atoms with Crippen molar-refractivity contribution in [3.8, 4) is 0 Å². The van der Waals surface area contributed by atoms with Crippen molar-refractivity contribution in [1.82, 2.24) is 10.2 Å². The van der Waals surface area contributed by atoms with Gasteiger partial charge in [-0.1, -0.05) is 26.1 Å². The molecule has 2 N–H and O–H groups in total. The predicted octanol–water partition coefficient (Wildman–Crippen LogP) is 1.59. The summed E-state index contributed by atoms with van der Waals surface area (Å²) in [5, 5.41) is 8.03. The first-order chi connectivity index (χ1) is 7.56. The van der Waals surface area contributed by atoms with Gasteiger partial charge in [-0.2, -0.15) is 5.10 Å². The van der Waals surface area contributed by atoms with E-state index in [1.807, 2.05) is 6.07 Å². The third-order valence-corrected chi connectivity index (χ3v) is 2.45. The van der Waals surface area contributed by atoms with Gasteiger partial charge in [0, 0.05) is 13.1 Å². The van der Waals surface area contributed by atoms with Crippen LogP contribution in [0.25, 0.3) is 0 Å². The summed E-state index contributed by atoms with van der Waals surface area (Å²) in [5.74, 6) is 1.34. The van der Waals surface area contributed by atoms with Gasteiger partial charge in [0.15, 0.2) is 5.82 Å². The molecule has 0 unspecified atom stereocenters. The standard InChI is InChI=1S/C11H18N4S/c1-4-15(7-8(2)3)11-9(10(12)16)5-6-13-14-11/h5-6,8H,4,7H2,1-3H3,(H2,12,16). The van der Waals surface area contributed by atoms with Crippen LogP contribution in [0, 0.1) is 5.92 Å². The molecule has 1 aromatic rings. The second kappa shape index (κ2) is 5.75. The van der Waals surface area contributed by atoms with Gasteiger partial charge in [-0.25, -0.2) is 0 Å². The van der Waals surface area contributed by atoms with Crippen LogP contribution < -0.4 is 10.6 Å². The highest BCUT2D eigenvalue weighted by Gasteiger charge is 2.14. The first-order valence-electron chi connectivity index (χ1n) is 5.42. The van der Waals surface area contributed by atoms with Crippen LogP contribution in [0.4, 0.5) is 5.82 Å². The minimum atomic E-state index is 0.368. The summed E-state index contributed by atoms with van der Waals surface area (Å²) in [6, 6.07) is 1.81. The van der Waals surface area contributed by atoms with Crippen molar-refractivity contribution in [2.45, 2.75) is 20.8 Å². The second-order valence-corrected chi connectivity index (χ2v) is 4.51. The molecule has 0 amide bonds. The number of nitrogens with two attached hydrogens (primary N) is 1. The summed E-state index contributed by atoms with van der Waals surface area (Å²) in [4.78, 5) is 2.51. The fourth-order valence-corrected chi connectivity index (χ4v) is 1.72. The van der Waals surface area contributed by atoms with Gasteiger partial charge in [-0.05, 0) is 18.9 Å². The Morgan fingerprint density at radius 2 is 2.25 bits per heavy atom. The Morgan fingerprint density at radius 1 is 1.56 bits per heavy atom. The molecular formula is C11H18N4S. The van der Waals surface area contributed by atoms with Gasteiger partial charge < -0.3 is 10.6 Å². The van der Waals surface area contributed by atoms with E-state index in [9.17, 15) is 0 Å². The molecule has 0 fully saturated rings. The number of aromatic nitrogens is 2. The molecule has 0 saturated heterocycles. The zero-order chi connectivity index (χ0) is 12.1. The van der Waals surface area contributed by atoms with E-state index in [4.69, 9.17) is 18.0 Å². The number of hydrogen-bond acceptors (Lipinski definition) is 4. The topological polar surface area (TPSA) is 55.0 Å². The molecule has 88 valence electrons. The minimum absolute atomic E-state index is 0.368. The quantitative estimate of drug-likeness (QED) is 0.790. The molecule has 0 aromatic carbocycles. The van der Waals surface area contributed by atoms with Crippen molar-refractivity contribution in [1.29, 1.82) is 0 Å². The molecule has 4 nitrogen and oxygen atoms in total. The first kappa shape index (κ1) is 12.8. The number of hydrogen-bond donors (Lipinski definition) is 1. The van der Waals surface area contributed by atoms with Crippen molar-refractivity contribution >= 4 is 23.0 Å². The highest BCUT2D eigenvalue weighted by molar-refractivity contribution is 7.80. The summed E-state index contributed by atoms with van der Waals surface area (Å²) >= 11 is 5.01. The second-order valence-electron chi connectivity index (χ2n) is 4.07. The SMILES string of the molecule is CCN(CC(C)C)c1nnccc1C(N)=S. The van der Waals surface area contributed by atoms with E-state index < -0.39 is 0 Å². The third kappa shape index (κ3) is 3.13. The molecule has 1 heterocycles. The van der Waals surface area contributed by atoms with Crippen LogP contribution in [0.1, 0.15) is 26.3 Å². The largest absolute Gasteiger partial charge is 0.389 e. The van der Waals surface area contributed by atoms with Crippen molar-refractivity contribution in [3.05, 3.63) is 17.8 Å². The summed E-state index contributed by atoms with van der Waals surface area (Å²) in [6.45, 7) is 8.20. The van der Waals surface area contributed by atoms with Crippen molar-refractivity contribution < 1.29 is 0 Å². The molecule has 0 radical (unpaired) electrons. The number of nitrogens with zero attached hydrogens (tertiary/aromatic N) is 3. The van der Waals surface area contributed by atoms with Gasteiger partial charge in [0.25, 0.3) is 0 Å². The highest BCUT2D eigenvalue weighted by atomic mass is 32.1. The molecule has 0 aliphatic carbocycles. The molecule has 1 rings (SSSR count). The third-order valence-electron chi connectivity index (χ3n) is 2.23. The van der Waals surface area contributed by atoms with Crippen LogP contribution >= 0.6 is 12.2 Å². The summed E-state index contributed by atoms with van der Waals surface area (Å²) in [5.41, 5.74) is 6.47. The average Bonchev–Trinajstić information content (AvgIpc) is 2.25. The van der Waals surface area contributed by atoms with E-state index >= 15 is 0 Å². The Bertz CT molecular complexity index is 365. The minimum Gasteiger partial charge on any atom is -0.389 e. The first-order valence-corrected chi connectivity index (χ1v) is 5.83. The van der Waals surface area contributed by atoms with Crippen molar-refractivity contribution in [2.24, 2.45) is 11.7 Å². The van der Waals surface area contributed by atoms with Crippen LogP contribution in [0.3, 0.4) is 0 Å². The maximum atomic E-state index is 5.67. The average molecular weight is 238 g/mol. The van der Waals surface area contributed by atoms with E-state index in [-0.39, 0.29) is 0 Å². The Hall–Kier alpha value is -1.23. The molecule has 5 heteroatoms. The van der Waals surface area contributed by atoms with Crippen LogP contribution in [0.15, 0.2) is 12.3 Å². The van der Waals surface area contributed by atoms with Gasteiger partial charge >= 0.3 is 0 Å². The fourth-order valence-electron chi connectivity index (χ4n) is 1.56. The molecule has 0 aliphatic rings. The van der Waals surface area contributed by atoms with E-state index in [2.05, 4.69) is 35.9 Å². The van der Waals surface area contributed by atoms with Crippen LogP contribution in [0.2, 0.25) is 0 Å². The van der Waals surface area contributed by atoms with Gasteiger partial charge in [-0.3, -0.25) is 0 Å². The normalized spacial score (nSPS) is 10.5. The summed E-state index contributed by atoms with van der Waals surface area (Å²) in [6.07, 6.45) is 1.61. The van der Waals surface area contributed by atoms with Crippen molar-refractivity contribution in [2.75, 3.05) is 18.0 Å². The van der Waals surface area contributed by atoms with Gasteiger partial charge in [-0.15, -0.1) is 5.10 Å². The summed E-state index contributed by atoms with van der Waals surface area (Å²) in [7, 11) is 0. The zero-order valence-corrected chi connectivity index (χ0v) is 10.8. The Kier molecular flexibility index (Phi) is 4.61. The monoisotopic (exact) mass is 238 g/mol. The lowest BCUT2D eigenvalue weighted by molar-refractivity contribution is 0.611. The highest BCUT2D eigenvalue weighted by Crippen LogP contribution is 2.17. The molecule has 0 spiro atoms. The number of rotatable bonds is 5. The lowest BCUT2D eigenvalue weighted by atomic mass is 10.2. The van der Waals surface area contributed by atoms with E-state index in [1.165, 1.54) is 0 Å². The molecule has 0 bridgehead atoms. The van der Waals surface area contributed by atoms with Gasteiger partial charge in [0.2, 0.25) is 0 Å². The number of thiocarbonyl (C=S) groups is 1. The van der Waals surface area contributed by atoms with E-state index in [0.29, 0.717) is 10.9 Å². The van der Waals surface area contributed by atoms with Gasteiger partial charge in [0.1, 0.15) is 4.99 Å². The maximum Gasteiger partial charge on any atom is 0.161 e. The van der Waals surface area contributed by atoms with E-state index in [0.717, 1.165) is 24.5 Å². The molecular weight excluding hydrogens is 220 g/mol. The van der Waals surface area contributed by atoms with Gasteiger partial charge in [0.05, 0.1) is 11.8 Å². The Morgan fingerprint density at radius 3 is 2.75 bits per heavy atom. The fraction of sp³-hybridized carbons (Fsp3) is 0.545. The van der Waals surface area contributed by atoms with Crippen LogP contribution in [0.5, 0.6) is 0 Å². The predicted molar refractivity (Wildman–Crippen MR) is 70.6 cm³/mol. The zero-order valence-electron chi connectivity index (χ0n) is 9.97. The molecule has 16 heavy (non-hydrogen) atoms. The van der Waals surface area contributed by atoms with Crippen LogP contribution in [-0.4, -0.2) is 28.3 Å². The Labute approximate surface area is 102 Å². The number of anilines is 1. The lowest BCUT2D eigenvalue weighted by Crippen LogP contribution is -2.30. The summed E-state index contributed by atoms with van der Waals surface area (Å²) < 4.78 is 0. The van der Waals surface area contributed by atoms with Crippen molar-refractivity contribution in [3.63, 3.8) is 0 Å². The Balaban J connectivity index is 3.04. The molecule has 0 aliphatic heterocycles. The van der Waals surface area contributed by atoms with E-state index in [1.54, 1.807) is 6.20 Å². The molecule has 0 saturated carbocycles. The molecule has 1 aromatic heterocycles. The maximum absolute atomic E-state index is 5.67.